The Hall–Kier alpha value is -0.610. The molecule has 0 unspecified atom stereocenters. The summed E-state index contributed by atoms with van der Waals surface area (Å²) in [6, 6.07) is 0. The number of nitrogens with zero attached hydrogens (tertiary/aromatic N) is 1. The molecule has 1 rings (SSSR count). The molecule has 1 aliphatic rings. The highest BCUT2D eigenvalue weighted by atomic mass is 16.3. The fourth-order valence-electron chi connectivity index (χ4n) is 2.15. The molecule has 0 bridgehead atoms. The number of hydrogen-bond acceptors (Lipinski definition) is 3. The Balaban J connectivity index is 2.39. The van der Waals surface area contributed by atoms with Crippen molar-refractivity contribution in [1.29, 1.82) is 0 Å². The number of carbonyl (C=O) groups excluding carboxylic acids is 1. The molecular weight excluding hydrogens is 228 g/mol. The van der Waals surface area contributed by atoms with Gasteiger partial charge in [0.15, 0.2) is 0 Å². The van der Waals surface area contributed by atoms with Crippen molar-refractivity contribution in [3.63, 3.8) is 0 Å². The fraction of sp³-hybridized carbons (Fsp3) is 0.929. The van der Waals surface area contributed by atoms with Crippen LogP contribution in [0, 0.1) is 0 Å². The van der Waals surface area contributed by atoms with Crippen LogP contribution in [0.4, 0.5) is 0 Å². The second-order valence-electron chi connectivity index (χ2n) is 6.46. The first kappa shape index (κ1) is 15.4. The summed E-state index contributed by atoms with van der Waals surface area (Å²) in [6.45, 7) is 10.3. The van der Waals surface area contributed by atoms with Gasteiger partial charge in [0.2, 0.25) is 5.91 Å². The van der Waals surface area contributed by atoms with Crippen molar-refractivity contribution in [1.82, 2.24) is 10.2 Å². The van der Waals surface area contributed by atoms with E-state index in [2.05, 4.69) is 26.1 Å². The number of carbonyl (C=O) groups is 1. The first-order chi connectivity index (χ1) is 8.26. The largest absolute Gasteiger partial charge is 0.388 e. The summed E-state index contributed by atoms with van der Waals surface area (Å²) in [7, 11) is 0. The summed E-state index contributed by atoms with van der Waals surface area (Å²) in [6.07, 6.45) is 2.86. The van der Waals surface area contributed by atoms with Crippen LogP contribution in [0.5, 0.6) is 0 Å². The monoisotopic (exact) mass is 256 g/mol. The highest BCUT2D eigenvalue weighted by Gasteiger charge is 2.34. The molecule has 2 N–H and O–H groups in total. The van der Waals surface area contributed by atoms with Gasteiger partial charge in [-0.2, -0.15) is 0 Å². The van der Waals surface area contributed by atoms with E-state index in [9.17, 15) is 9.90 Å². The van der Waals surface area contributed by atoms with Crippen molar-refractivity contribution in [2.24, 2.45) is 0 Å². The topological polar surface area (TPSA) is 52.6 Å². The molecular formula is C14H28N2O2. The molecule has 0 aliphatic carbocycles. The molecule has 0 saturated carbocycles. The highest BCUT2D eigenvalue weighted by molar-refractivity contribution is 5.76. The van der Waals surface area contributed by atoms with E-state index >= 15 is 0 Å². The van der Waals surface area contributed by atoms with Crippen LogP contribution in [-0.2, 0) is 4.79 Å². The van der Waals surface area contributed by atoms with E-state index < -0.39 is 5.60 Å². The summed E-state index contributed by atoms with van der Waals surface area (Å²) in [5.74, 6) is 0.225. The summed E-state index contributed by atoms with van der Waals surface area (Å²) < 4.78 is 0. The third-order valence-electron chi connectivity index (χ3n) is 3.46. The molecule has 0 spiro atoms. The van der Waals surface area contributed by atoms with Crippen molar-refractivity contribution in [2.45, 2.75) is 64.5 Å². The SMILES string of the molecule is CCCC(=O)N1CCC(O)(CNC(C)(C)C)CC1. The van der Waals surface area contributed by atoms with Gasteiger partial charge in [0.05, 0.1) is 5.60 Å². The Kier molecular flexibility index (Phi) is 5.17. The second kappa shape index (κ2) is 6.02. The summed E-state index contributed by atoms with van der Waals surface area (Å²) in [5, 5.41) is 13.8. The smallest absolute Gasteiger partial charge is 0.222 e. The van der Waals surface area contributed by atoms with Crippen molar-refractivity contribution in [2.75, 3.05) is 19.6 Å². The van der Waals surface area contributed by atoms with E-state index in [-0.39, 0.29) is 11.4 Å². The van der Waals surface area contributed by atoms with Gasteiger partial charge in [-0.25, -0.2) is 0 Å². The zero-order valence-electron chi connectivity index (χ0n) is 12.3. The summed E-state index contributed by atoms with van der Waals surface area (Å²) in [5.41, 5.74) is -0.638. The van der Waals surface area contributed by atoms with Gasteiger partial charge in [-0.05, 0) is 40.0 Å². The van der Waals surface area contributed by atoms with Gasteiger partial charge in [-0.3, -0.25) is 4.79 Å². The van der Waals surface area contributed by atoms with Gasteiger partial charge >= 0.3 is 0 Å². The lowest BCUT2D eigenvalue weighted by Gasteiger charge is -2.40. The second-order valence-corrected chi connectivity index (χ2v) is 6.46. The summed E-state index contributed by atoms with van der Waals surface area (Å²) in [4.78, 5) is 13.6. The van der Waals surface area contributed by atoms with E-state index in [1.54, 1.807) is 0 Å². The van der Waals surface area contributed by atoms with Crippen LogP contribution in [0.2, 0.25) is 0 Å². The zero-order valence-corrected chi connectivity index (χ0v) is 12.3. The average molecular weight is 256 g/mol. The van der Waals surface area contributed by atoms with Gasteiger partial charge in [0.25, 0.3) is 0 Å². The van der Waals surface area contributed by atoms with Gasteiger partial charge in [0, 0.05) is 31.6 Å². The normalized spacial score (nSPS) is 19.9. The Morgan fingerprint density at radius 3 is 2.33 bits per heavy atom. The number of likely N-dealkylation sites (tertiary alicyclic amines) is 1. The van der Waals surface area contributed by atoms with Crippen LogP contribution in [0.1, 0.15) is 53.4 Å². The van der Waals surface area contributed by atoms with Crippen molar-refractivity contribution < 1.29 is 9.90 Å². The van der Waals surface area contributed by atoms with E-state index in [0.29, 0.717) is 38.9 Å². The number of aliphatic hydroxyl groups is 1. The third kappa shape index (κ3) is 4.94. The van der Waals surface area contributed by atoms with E-state index in [0.717, 1.165) is 6.42 Å². The maximum Gasteiger partial charge on any atom is 0.222 e. The number of nitrogens with one attached hydrogen (secondary N) is 1. The van der Waals surface area contributed by atoms with Gasteiger partial charge < -0.3 is 15.3 Å². The molecule has 1 fully saturated rings. The predicted molar refractivity (Wildman–Crippen MR) is 73.4 cm³/mol. The number of hydrogen-bond donors (Lipinski definition) is 2. The molecule has 18 heavy (non-hydrogen) atoms. The van der Waals surface area contributed by atoms with Crippen molar-refractivity contribution >= 4 is 5.91 Å². The number of piperidine rings is 1. The molecule has 0 aromatic rings. The molecule has 1 heterocycles. The molecule has 1 saturated heterocycles. The number of β-amino-alcohol motifs (C(OH)–C–C–N with tert-alkyl or cyclic N) is 1. The van der Waals surface area contributed by atoms with Crippen LogP contribution in [0.25, 0.3) is 0 Å². The lowest BCUT2D eigenvalue weighted by molar-refractivity contribution is -0.135. The lowest BCUT2D eigenvalue weighted by Crippen LogP contribution is -2.54. The van der Waals surface area contributed by atoms with Gasteiger partial charge in [0.1, 0.15) is 0 Å². The molecule has 0 aromatic carbocycles. The number of rotatable bonds is 4. The fourth-order valence-corrected chi connectivity index (χ4v) is 2.15. The minimum Gasteiger partial charge on any atom is -0.388 e. The minimum absolute atomic E-state index is 0.0187. The lowest BCUT2D eigenvalue weighted by atomic mass is 9.90. The van der Waals surface area contributed by atoms with Crippen LogP contribution < -0.4 is 5.32 Å². The van der Waals surface area contributed by atoms with E-state index in [1.807, 2.05) is 11.8 Å². The molecule has 1 aliphatic heterocycles. The Labute approximate surface area is 111 Å². The molecule has 0 aromatic heterocycles. The molecule has 1 amide bonds. The first-order valence-corrected chi connectivity index (χ1v) is 7.01. The van der Waals surface area contributed by atoms with E-state index in [1.165, 1.54) is 0 Å². The van der Waals surface area contributed by atoms with Crippen LogP contribution in [0.3, 0.4) is 0 Å². The molecule has 0 radical (unpaired) electrons. The van der Waals surface area contributed by atoms with Crippen LogP contribution in [-0.4, -0.2) is 46.7 Å². The van der Waals surface area contributed by atoms with Gasteiger partial charge in [-0.1, -0.05) is 6.92 Å². The number of amides is 1. The maximum absolute atomic E-state index is 11.8. The van der Waals surface area contributed by atoms with Crippen molar-refractivity contribution in [3.8, 4) is 0 Å². The predicted octanol–water partition coefficient (Wildman–Crippen LogP) is 1.53. The molecule has 0 atom stereocenters. The molecule has 4 nitrogen and oxygen atoms in total. The Morgan fingerprint density at radius 1 is 1.33 bits per heavy atom. The third-order valence-corrected chi connectivity index (χ3v) is 3.46. The molecule has 106 valence electrons. The Bertz CT molecular complexity index is 276. The van der Waals surface area contributed by atoms with Crippen LogP contribution in [0.15, 0.2) is 0 Å². The maximum atomic E-state index is 11.8. The van der Waals surface area contributed by atoms with Crippen molar-refractivity contribution in [3.05, 3.63) is 0 Å². The minimum atomic E-state index is -0.656. The van der Waals surface area contributed by atoms with E-state index in [4.69, 9.17) is 0 Å². The standard InChI is InChI=1S/C14H28N2O2/c1-5-6-12(17)16-9-7-14(18,8-10-16)11-15-13(2,3)4/h15,18H,5-11H2,1-4H3. The van der Waals surface area contributed by atoms with Gasteiger partial charge in [-0.15, -0.1) is 0 Å². The highest BCUT2D eigenvalue weighted by Crippen LogP contribution is 2.22. The zero-order chi connectivity index (χ0) is 13.8. The average Bonchev–Trinajstić information content (AvgIpc) is 2.27. The summed E-state index contributed by atoms with van der Waals surface area (Å²) >= 11 is 0. The molecule has 4 heteroatoms. The van der Waals surface area contributed by atoms with Crippen LogP contribution >= 0.6 is 0 Å². The Morgan fingerprint density at radius 2 is 1.89 bits per heavy atom. The quantitative estimate of drug-likeness (QED) is 0.802. The first-order valence-electron chi connectivity index (χ1n) is 7.01.